The molecule has 0 aliphatic carbocycles. The zero-order valence-corrected chi connectivity index (χ0v) is 11.5. The summed E-state index contributed by atoms with van der Waals surface area (Å²) in [5.41, 5.74) is 1.37. The van der Waals surface area contributed by atoms with Crippen molar-refractivity contribution in [3.8, 4) is 5.75 Å². The molecule has 2 aromatic rings. The van der Waals surface area contributed by atoms with Crippen LogP contribution in [0.25, 0.3) is 0 Å². The summed E-state index contributed by atoms with van der Waals surface area (Å²) in [6.45, 7) is 1.88. The van der Waals surface area contributed by atoms with E-state index >= 15 is 0 Å². The van der Waals surface area contributed by atoms with E-state index < -0.39 is 10.0 Å². The Hall–Kier alpha value is -1.86. The topological polar surface area (TPSA) is 84.1 Å². The van der Waals surface area contributed by atoms with Gasteiger partial charge in [-0.2, -0.15) is 5.10 Å². The number of ether oxygens (including phenoxy) is 1. The van der Waals surface area contributed by atoms with Gasteiger partial charge in [-0.15, -0.1) is 0 Å². The largest absolute Gasteiger partial charge is 0.497 e. The van der Waals surface area contributed by atoms with Crippen molar-refractivity contribution in [2.75, 3.05) is 7.11 Å². The van der Waals surface area contributed by atoms with E-state index in [1.54, 1.807) is 26.2 Å². The van der Waals surface area contributed by atoms with Crippen LogP contribution < -0.4 is 9.46 Å². The smallest absolute Gasteiger partial charge is 0.244 e. The lowest BCUT2D eigenvalue weighted by Crippen LogP contribution is -2.23. The van der Waals surface area contributed by atoms with Crippen molar-refractivity contribution in [1.29, 1.82) is 0 Å². The zero-order chi connectivity index (χ0) is 13.9. The third-order valence-corrected chi connectivity index (χ3v) is 4.21. The van der Waals surface area contributed by atoms with Gasteiger partial charge >= 0.3 is 0 Å². The van der Waals surface area contributed by atoms with Crippen molar-refractivity contribution < 1.29 is 13.2 Å². The minimum Gasteiger partial charge on any atom is -0.497 e. The van der Waals surface area contributed by atoms with Crippen LogP contribution in [0.5, 0.6) is 5.75 Å². The highest BCUT2D eigenvalue weighted by Gasteiger charge is 2.17. The molecular formula is C12H15N3O3S. The number of aromatic nitrogens is 2. The van der Waals surface area contributed by atoms with Gasteiger partial charge in [0.2, 0.25) is 10.0 Å². The molecule has 0 unspecified atom stereocenters. The minimum atomic E-state index is -3.54. The van der Waals surface area contributed by atoms with E-state index in [9.17, 15) is 8.42 Å². The number of hydrogen-bond acceptors (Lipinski definition) is 4. The number of nitrogens with one attached hydrogen (secondary N) is 2. The van der Waals surface area contributed by atoms with Gasteiger partial charge < -0.3 is 4.74 Å². The van der Waals surface area contributed by atoms with Crippen molar-refractivity contribution in [3.63, 3.8) is 0 Å². The molecule has 2 N–H and O–H groups in total. The fourth-order valence-corrected chi connectivity index (χ4v) is 2.76. The summed E-state index contributed by atoms with van der Waals surface area (Å²) in [5, 5.41) is 6.31. The fourth-order valence-electron chi connectivity index (χ4n) is 1.61. The number of hydrogen-bond donors (Lipinski definition) is 2. The Bertz CT molecular complexity index is 647. The number of sulfonamides is 1. The number of methoxy groups -OCH3 is 1. The molecule has 0 saturated carbocycles. The van der Waals surface area contributed by atoms with Crippen LogP contribution in [0.15, 0.2) is 35.4 Å². The SMILES string of the molecule is COc1ccc(CNS(=O)(=O)c2cn[nH]c2C)cc1. The fraction of sp³-hybridized carbons (Fsp3) is 0.250. The molecular weight excluding hydrogens is 266 g/mol. The summed E-state index contributed by atoms with van der Waals surface area (Å²) in [6.07, 6.45) is 1.30. The van der Waals surface area contributed by atoms with E-state index in [4.69, 9.17) is 4.74 Å². The Morgan fingerprint density at radius 2 is 2.00 bits per heavy atom. The van der Waals surface area contributed by atoms with Gasteiger partial charge in [0.15, 0.2) is 0 Å². The molecule has 2 rings (SSSR count). The lowest BCUT2D eigenvalue weighted by molar-refractivity contribution is 0.414. The highest BCUT2D eigenvalue weighted by molar-refractivity contribution is 7.89. The molecule has 1 aromatic heterocycles. The summed E-state index contributed by atoms with van der Waals surface area (Å²) >= 11 is 0. The zero-order valence-electron chi connectivity index (χ0n) is 10.7. The van der Waals surface area contributed by atoms with Crippen molar-refractivity contribution >= 4 is 10.0 Å². The summed E-state index contributed by atoms with van der Waals surface area (Å²) in [6, 6.07) is 7.19. The third kappa shape index (κ3) is 3.12. The van der Waals surface area contributed by atoms with E-state index in [2.05, 4.69) is 14.9 Å². The molecule has 6 nitrogen and oxygen atoms in total. The van der Waals surface area contributed by atoms with Crippen molar-refractivity contribution in [1.82, 2.24) is 14.9 Å². The maximum atomic E-state index is 12.0. The molecule has 102 valence electrons. The number of nitrogens with zero attached hydrogens (tertiary/aromatic N) is 1. The standard InChI is InChI=1S/C12H15N3O3S/c1-9-12(8-13-15-9)19(16,17)14-7-10-3-5-11(18-2)6-4-10/h3-6,8,14H,7H2,1-2H3,(H,13,15). The monoisotopic (exact) mass is 281 g/mol. The van der Waals surface area contributed by atoms with Crippen LogP contribution in [0.4, 0.5) is 0 Å². The number of benzene rings is 1. The van der Waals surface area contributed by atoms with Crippen LogP contribution in [0.3, 0.4) is 0 Å². The Labute approximate surface area is 111 Å². The lowest BCUT2D eigenvalue weighted by atomic mass is 10.2. The van der Waals surface area contributed by atoms with Gasteiger partial charge in [-0.3, -0.25) is 5.10 Å². The maximum Gasteiger partial charge on any atom is 0.244 e. The Morgan fingerprint density at radius 1 is 1.32 bits per heavy atom. The number of aromatic amines is 1. The molecule has 1 heterocycles. The van der Waals surface area contributed by atoms with Crippen molar-refractivity contribution in [2.45, 2.75) is 18.4 Å². The Kier molecular flexibility index (Phi) is 3.87. The average Bonchev–Trinajstić information content (AvgIpc) is 2.84. The van der Waals surface area contributed by atoms with Gasteiger partial charge in [-0.25, -0.2) is 13.1 Å². The van der Waals surface area contributed by atoms with E-state index in [0.717, 1.165) is 11.3 Å². The van der Waals surface area contributed by atoms with Crippen LogP contribution in [0.1, 0.15) is 11.3 Å². The van der Waals surface area contributed by atoms with Crippen LogP contribution in [0.2, 0.25) is 0 Å². The first kappa shape index (κ1) is 13.6. The second-order valence-corrected chi connectivity index (χ2v) is 5.77. The van der Waals surface area contributed by atoms with E-state index in [1.807, 2.05) is 12.1 Å². The summed E-state index contributed by atoms with van der Waals surface area (Å²) in [7, 11) is -1.95. The predicted octanol–water partition coefficient (Wildman–Crippen LogP) is 1.21. The number of rotatable bonds is 5. The summed E-state index contributed by atoms with van der Waals surface area (Å²) < 4.78 is 31.6. The first-order valence-corrected chi connectivity index (χ1v) is 7.14. The van der Waals surface area contributed by atoms with Gasteiger partial charge in [-0.1, -0.05) is 12.1 Å². The Balaban J connectivity index is 2.07. The highest BCUT2D eigenvalue weighted by Crippen LogP contribution is 2.14. The van der Waals surface area contributed by atoms with Crippen LogP contribution >= 0.6 is 0 Å². The predicted molar refractivity (Wildman–Crippen MR) is 70.3 cm³/mol. The maximum absolute atomic E-state index is 12.0. The molecule has 0 atom stereocenters. The average molecular weight is 281 g/mol. The van der Waals surface area contributed by atoms with Gasteiger partial charge in [0.1, 0.15) is 10.6 Å². The van der Waals surface area contributed by atoms with Crippen LogP contribution in [-0.4, -0.2) is 25.7 Å². The molecule has 1 aromatic carbocycles. The second-order valence-electron chi connectivity index (χ2n) is 4.03. The molecule has 0 fully saturated rings. The van der Waals surface area contributed by atoms with Gasteiger partial charge in [0.25, 0.3) is 0 Å². The molecule has 0 saturated heterocycles. The van der Waals surface area contributed by atoms with Crippen molar-refractivity contribution in [3.05, 3.63) is 41.7 Å². The van der Waals surface area contributed by atoms with Crippen LogP contribution in [0, 0.1) is 6.92 Å². The second kappa shape index (κ2) is 5.41. The third-order valence-electron chi connectivity index (χ3n) is 2.70. The number of aryl methyl sites for hydroxylation is 1. The van der Waals surface area contributed by atoms with Crippen LogP contribution in [-0.2, 0) is 16.6 Å². The Morgan fingerprint density at radius 3 is 2.53 bits per heavy atom. The minimum absolute atomic E-state index is 0.168. The van der Waals surface area contributed by atoms with E-state index in [-0.39, 0.29) is 11.4 Å². The molecule has 0 aliphatic heterocycles. The molecule has 19 heavy (non-hydrogen) atoms. The molecule has 7 heteroatoms. The molecule has 0 bridgehead atoms. The van der Waals surface area contributed by atoms with Gasteiger partial charge in [-0.05, 0) is 24.6 Å². The molecule has 0 aliphatic rings. The quantitative estimate of drug-likeness (QED) is 0.862. The van der Waals surface area contributed by atoms with E-state index in [1.165, 1.54) is 6.20 Å². The lowest BCUT2D eigenvalue weighted by Gasteiger charge is -2.06. The first-order chi connectivity index (χ1) is 9.03. The normalized spacial score (nSPS) is 11.5. The summed E-state index contributed by atoms with van der Waals surface area (Å²) in [4.78, 5) is 0.168. The first-order valence-electron chi connectivity index (χ1n) is 5.65. The number of H-pyrrole nitrogens is 1. The van der Waals surface area contributed by atoms with Gasteiger partial charge in [0.05, 0.1) is 19.0 Å². The molecule has 0 radical (unpaired) electrons. The van der Waals surface area contributed by atoms with Gasteiger partial charge in [0, 0.05) is 6.54 Å². The van der Waals surface area contributed by atoms with E-state index in [0.29, 0.717) is 5.69 Å². The molecule has 0 spiro atoms. The molecule has 0 amide bonds. The van der Waals surface area contributed by atoms with Crippen molar-refractivity contribution in [2.24, 2.45) is 0 Å². The summed E-state index contributed by atoms with van der Waals surface area (Å²) in [5.74, 6) is 0.734. The highest BCUT2D eigenvalue weighted by atomic mass is 32.2.